The molecule has 1 rings (SSSR count). The fraction of sp³-hybridized carbons (Fsp3) is 0.533. The molecule has 1 aromatic rings. The second-order valence-electron chi connectivity index (χ2n) is 5.33. The first-order valence-electron chi connectivity index (χ1n) is 7.56. The Bertz CT molecular complexity index is 693. The smallest absolute Gasteiger partial charge is 0.419 e. The molecular formula is C15H19F4NO3S3. The van der Waals surface area contributed by atoms with E-state index < -0.39 is 40.6 Å². The standard InChI is InChI=1S/C15H19F4NO3S3/c1-3-23-14(24)25-11(8-13(16)15(17,18)19)9-20-26(21,22)12-6-4-10(2)5-7-12/h4-7,11,13,20H,3,8-9H2,1-2H3. The van der Waals surface area contributed by atoms with Crippen LogP contribution in [0.1, 0.15) is 18.9 Å². The molecule has 0 aromatic heterocycles. The number of ether oxygens (including phenoxy) is 1. The fourth-order valence-electron chi connectivity index (χ4n) is 1.83. The van der Waals surface area contributed by atoms with Crippen LogP contribution in [0.15, 0.2) is 29.2 Å². The maximum atomic E-state index is 13.4. The van der Waals surface area contributed by atoms with Gasteiger partial charge >= 0.3 is 6.18 Å². The van der Waals surface area contributed by atoms with Gasteiger partial charge in [0.2, 0.25) is 14.4 Å². The highest BCUT2D eigenvalue weighted by Gasteiger charge is 2.41. The zero-order valence-electron chi connectivity index (χ0n) is 14.0. The van der Waals surface area contributed by atoms with Crippen molar-refractivity contribution in [1.82, 2.24) is 4.72 Å². The first kappa shape index (κ1) is 23.1. The number of hydrogen-bond donors (Lipinski definition) is 1. The molecule has 2 atom stereocenters. The normalized spacial score (nSPS) is 14.7. The van der Waals surface area contributed by atoms with E-state index in [0.717, 1.165) is 5.56 Å². The van der Waals surface area contributed by atoms with Crippen LogP contribution in [0.25, 0.3) is 0 Å². The minimum atomic E-state index is -5.03. The third-order valence-electron chi connectivity index (χ3n) is 3.18. The van der Waals surface area contributed by atoms with Crippen LogP contribution in [-0.4, -0.2) is 43.6 Å². The van der Waals surface area contributed by atoms with Crippen molar-refractivity contribution in [3.8, 4) is 0 Å². The average Bonchev–Trinajstić information content (AvgIpc) is 2.52. The second-order valence-corrected chi connectivity index (χ2v) is 9.00. The summed E-state index contributed by atoms with van der Waals surface area (Å²) in [7, 11) is -3.94. The number of nitrogens with one attached hydrogen (secondary N) is 1. The lowest BCUT2D eigenvalue weighted by molar-refractivity contribution is -0.181. The maximum absolute atomic E-state index is 13.4. The molecule has 1 N–H and O–H groups in total. The van der Waals surface area contributed by atoms with E-state index in [2.05, 4.69) is 4.72 Å². The van der Waals surface area contributed by atoms with Gasteiger partial charge in [-0.3, -0.25) is 0 Å². The second kappa shape index (κ2) is 9.86. The number of thiocarbonyl (C=S) groups is 1. The molecule has 0 bridgehead atoms. The Morgan fingerprint density at radius 2 is 1.88 bits per heavy atom. The van der Waals surface area contributed by atoms with Gasteiger partial charge < -0.3 is 4.74 Å². The summed E-state index contributed by atoms with van der Waals surface area (Å²) in [5, 5.41) is -1.08. The highest BCUT2D eigenvalue weighted by Crippen LogP contribution is 2.30. The van der Waals surface area contributed by atoms with E-state index >= 15 is 0 Å². The van der Waals surface area contributed by atoms with Crippen LogP contribution in [0.2, 0.25) is 0 Å². The zero-order chi connectivity index (χ0) is 20.0. The third kappa shape index (κ3) is 7.77. The van der Waals surface area contributed by atoms with Crippen LogP contribution in [0, 0.1) is 6.92 Å². The van der Waals surface area contributed by atoms with E-state index in [1.807, 2.05) is 0 Å². The Balaban J connectivity index is 2.83. The predicted octanol–water partition coefficient (Wildman–Crippen LogP) is 3.99. The van der Waals surface area contributed by atoms with Gasteiger partial charge in [0.25, 0.3) is 0 Å². The van der Waals surface area contributed by atoms with Gasteiger partial charge in [0.1, 0.15) is 0 Å². The van der Waals surface area contributed by atoms with Crippen LogP contribution in [0.3, 0.4) is 0 Å². The summed E-state index contributed by atoms with van der Waals surface area (Å²) >= 11 is 5.55. The van der Waals surface area contributed by atoms with Crippen molar-refractivity contribution < 1.29 is 30.7 Å². The van der Waals surface area contributed by atoms with Crippen molar-refractivity contribution in [3.05, 3.63) is 29.8 Å². The van der Waals surface area contributed by atoms with Crippen molar-refractivity contribution in [2.45, 2.75) is 42.8 Å². The van der Waals surface area contributed by atoms with Crippen LogP contribution < -0.4 is 4.72 Å². The van der Waals surface area contributed by atoms with E-state index in [9.17, 15) is 26.0 Å². The number of rotatable bonds is 8. The van der Waals surface area contributed by atoms with Gasteiger partial charge in [-0.15, -0.1) is 0 Å². The van der Waals surface area contributed by atoms with Crippen molar-refractivity contribution in [1.29, 1.82) is 0 Å². The van der Waals surface area contributed by atoms with Crippen LogP contribution in [0.5, 0.6) is 0 Å². The highest BCUT2D eigenvalue weighted by atomic mass is 32.2. The molecule has 0 aliphatic carbocycles. The number of aryl methyl sites for hydroxylation is 1. The number of benzene rings is 1. The van der Waals surface area contributed by atoms with Gasteiger partial charge in [-0.2, -0.15) is 13.2 Å². The van der Waals surface area contributed by atoms with Crippen LogP contribution >= 0.6 is 24.0 Å². The monoisotopic (exact) mass is 433 g/mol. The van der Waals surface area contributed by atoms with Gasteiger partial charge in [-0.25, -0.2) is 17.5 Å². The summed E-state index contributed by atoms with van der Waals surface area (Å²) in [6, 6.07) is 5.93. The lowest BCUT2D eigenvalue weighted by Gasteiger charge is -2.21. The summed E-state index contributed by atoms with van der Waals surface area (Å²) < 4.78 is 82.4. The molecule has 0 spiro atoms. The fourth-order valence-corrected chi connectivity index (χ4v) is 4.43. The minimum Gasteiger partial charge on any atom is -0.479 e. The van der Waals surface area contributed by atoms with Crippen LogP contribution in [-0.2, 0) is 14.8 Å². The van der Waals surface area contributed by atoms with E-state index in [0.29, 0.717) is 11.8 Å². The molecule has 11 heteroatoms. The molecule has 148 valence electrons. The van der Waals surface area contributed by atoms with Gasteiger partial charge in [0.05, 0.1) is 11.5 Å². The van der Waals surface area contributed by atoms with E-state index in [-0.39, 0.29) is 15.9 Å². The molecule has 0 amide bonds. The van der Waals surface area contributed by atoms with E-state index in [1.165, 1.54) is 12.1 Å². The Hall–Kier alpha value is -0.910. The Labute approximate surface area is 159 Å². The van der Waals surface area contributed by atoms with Gasteiger partial charge in [0, 0.05) is 18.2 Å². The van der Waals surface area contributed by atoms with Crippen molar-refractivity contribution in [2.75, 3.05) is 13.2 Å². The number of alkyl halides is 4. The lowest BCUT2D eigenvalue weighted by Crippen LogP contribution is -2.36. The largest absolute Gasteiger partial charge is 0.479 e. The average molecular weight is 434 g/mol. The summed E-state index contributed by atoms with van der Waals surface area (Å²) in [4.78, 5) is -0.0353. The highest BCUT2D eigenvalue weighted by molar-refractivity contribution is 8.23. The quantitative estimate of drug-likeness (QED) is 0.496. The molecule has 1 aromatic carbocycles. The predicted molar refractivity (Wildman–Crippen MR) is 97.5 cm³/mol. The third-order valence-corrected chi connectivity index (χ3v) is 6.03. The Morgan fingerprint density at radius 3 is 2.38 bits per heavy atom. The molecule has 0 aliphatic rings. The summed E-state index contributed by atoms with van der Waals surface area (Å²) in [6.45, 7) is 3.19. The molecule has 0 saturated heterocycles. The van der Waals surface area contributed by atoms with Gasteiger partial charge in [-0.05, 0) is 38.2 Å². The molecule has 2 unspecified atom stereocenters. The van der Waals surface area contributed by atoms with E-state index in [4.69, 9.17) is 17.0 Å². The number of halogens is 4. The summed E-state index contributed by atoms with van der Waals surface area (Å²) in [5.41, 5.74) is 0.852. The molecular weight excluding hydrogens is 414 g/mol. The SMILES string of the molecule is CCOC(=S)SC(CNS(=O)(=O)c1ccc(C)cc1)CC(F)C(F)(F)F. The van der Waals surface area contributed by atoms with Crippen molar-refractivity contribution in [3.63, 3.8) is 0 Å². The zero-order valence-corrected chi connectivity index (χ0v) is 16.5. The van der Waals surface area contributed by atoms with Gasteiger partial charge in [-0.1, -0.05) is 29.5 Å². The molecule has 0 fully saturated rings. The van der Waals surface area contributed by atoms with Crippen molar-refractivity contribution in [2.24, 2.45) is 0 Å². The van der Waals surface area contributed by atoms with E-state index in [1.54, 1.807) is 26.0 Å². The molecule has 4 nitrogen and oxygen atoms in total. The summed E-state index contributed by atoms with van der Waals surface area (Å²) in [5.74, 6) is 0. The first-order chi connectivity index (χ1) is 12.0. The number of hydrogen-bond acceptors (Lipinski definition) is 5. The Kier molecular flexibility index (Phi) is 8.77. The molecule has 0 aliphatic heterocycles. The molecule has 26 heavy (non-hydrogen) atoms. The maximum Gasteiger partial charge on any atom is 0.419 e. The number of sulfonamides is 1. The van der Waals surface area contributed by atoms with Crippen LogP contribution in [0.4, 0.5) is 17.6 Å². The summed E-state index contributed by atoms with van der Waals surface area (Å²) in [6.07, 6.45) is -9.06. The molecule has 0 saturated carbocycles. The topological polar surface area (TPSA) is 55.4 Å². The number of thioether (sulfide) groups is 1. The lowest BCUT2D eigenvalue weighted by atomic mass is 10.2. The minimum absolute atomic E-state index is 0.0353. The van der Waals surface area contributed by atoms with Crippen molar-refractivity contribution >= 4 is 38.4 Å². The first-order valence-corrected chi connectivity index (χ1v) is 10.3. The Morgan fingerprint density at radius 1 is 1.31 bits per heavy atom. The molecule has 0 radical (unpaired) electrons. The molecule has 0 heterocycles. The van der Waals surface area contributed by atoms with Gasteiger partial charge in [0.15, 0.2) is 6.17 Å².